The first-order valence-electron chi connectivity index (χ1n) is 6.22. The first-order chi connectivity index (χ1) is 8.96. The lowest BCUT2D eigenvalue weighted by molar-refractivity contribution is 0.233. The molecule has 2 rings (SSSR count). The highest BCUT2D eigenvalue weighted by Crippen LogP contribution is 2.21. The van der Waals surface area contributed by atoms with Crippen LogP contribution in [0.15, 0.2) is 29.2 Å². The second kappa shape index (κ2) is 6.55. The fraction of sp³-hybridized carbons (Fsp3) is 0.462. The van der Waals surface area contributed by atoms with E-state index in [4.69, 9.17) is 5.26 Å². The maximum absolute atomic E-state index is 12.6. The summed E-state index contributed by atoms with van der Waals surface area (Å²) in [5, 5.41) is 12.0. The highest BCUT2D eigenvalue weighted by molar-refractivity contribution is 7.89. The van der Waals surface area contributed by atoms with Gasteiger partial charge in [0.15, 0.2) is 0 Å². The van der Waals surface area contributed by atoms with Gasteiger partial charge in [-0.1, -0.05) is 0 Å². The average Bonchev–Trinajstić information content (AvgIpc) is 2.41. The molecule has 2 atom stereocenters. The van der Waals surface area contributed by atoms with E-state index in [1.165, 1.54) is 28.6 Å². The van der Waals surface area contributed by atoms with E-state index >= 15 is 0 Å². The summed E-state index contributed by atoms with van der Waals surface area (Å²) in [5.74, 6) is 0. The van der Waals surface area contributed by atoms with Crippen LogP contribution in [0.3, 0.4) is 0 Å². The molecule has 0 bridgehead atoms. The van der Waals surface area contributed by atoms with Crippen LogP contribution in [0.4, 0.5) is 0 Å². The molecule has 1 N–H and O–H groups in total. The maximum Gasteiger partial charge on any atom is 0.243 e. The lowest BCUT2D eigenvalue weighted by Crippen LogP contribution is -2.57. The summed E-state index contributed by atoms with van der Waals surface area (Å²) in [6.45, 7) is 5.00. The van der Waals surface area contributed by atoms with E-state index in [9.17, 15) is 8.42 Å². The first-order valence-corrected chi connectivity index (χ1v) is 7.66. The third-order valence-electron chi connectivity index (χ3n) is 3.57. The van der Waals surface area contributed by atoms with Crippen LogP contribution in [-0.4, -0.2) is 37.9 Å². The Bertz CT molecular complexity index is 595. The van der Waals surface area contributed by atoms with E-state index in [-0.39, 0.29) is 29.4 Å². The summed E-state index contributed by atoms with van der Waals surface area (Å²) < 4.78 is 26.6. The zero-order chi connectivity index (χ0) is 14.0. The maximum atomic E-state index is 12.6. The smallest absolute Gasteiger partial charge is 0.243 e. The lowest BCUT2D eigenvalue weighted by Gasteiger charge is -2.37. The minimum atomic E-state index is -3.49. The number of nitrogens with zero attached hydrogens (tertiary/aromatic N) is 2. The number of sulfonamides is 1. The summed E-state index contributed by atoms with van der Waals surface area (Å²) in [7, 11) is -3.49. The molecular weight excluding hydrogens is 298 g/mol. The minimum Gasteiger partial charge on any atom is -0.311 e. The van der Waals surface area contributed by atoms with Crippen LogP contribution in [0.1, 0.15) is 19.4 Å². The number of piperazine rings is 1. The third kappa shape index (κ3) is 3.13. The van der Waals surface area contributed by atoms with Gasteiger partial charge in [0.2, 0.25) is 10.0 Å². The molecule has 110 valence electrons. The monoisotopic (exact) mass is 315 g/mol. The molecule has 0 aromatic heterocycles. The molecule has 1 aliphatic heterocycles. The van der Waals surface area contributed by atoms with Gasteiger partial charge < -0.3 is 5.32 Å². The second-order valence-electron chi connectivity index (χ2n) is 4.74. The number of hydrogen-bond acceptors (Lipinski definition) is 4. The van der Waals surface area contributed by atoms with Crippen molar-refractivity contribution in [1.29, 1.82) is 5.26 Å². The van der Waals surface area contributed by atoms with Crippen molar-refractivity contribution in [2.24, 2.45) is 0 Å². The van der Waals surface area contributed by atoms with Crippen molar-refractivity contribution in [3.63, 3.8) is 0 Å². The van der Waals surface area contributed by atoms with Crippen LogP contribution in [0.2, 0.25) is 0 Å². The molecular formula is C13H18ClN3O2S. The summed E-state index contributed by atoms with van der Waals surface area (Å²) in [6.07, 6.45) is 0. The van der Waals surface area contributed by atoms with Crippen LogP contribution in [0.5, 0.6) is 0 Å². The standard InChI is InChI=1S/C13H17N3O2S.ClH/c1-10-11(2)16(8-7-15-10)19(17,18)13-5-3-12(9-14)4-6-13;/h3-6,10-11,15H,7-8H2,1-2H3;1H. The van der Waals surface area contributed by atoms with Gasteiger partial charge in [-0.25, -0.2) is 8.42 Å². The van der Waals surface area contributed by atoms with Crippen molar-refractivity contribution in [2.45, 2.75) is 30.8 Å². The van der Waals surface area contributed by atoms with Crippen molar-refractivity contribution in [2.75, 3.05) is 13.1 Å². The zero-order valence-corrected chi connectivity index (χ0v) is 13.0. The average molecular weight is 316 g/mol. The van der Waals surface area contributed by atoms with Gasteiger partial charge in [0, 0.05) is 25.2 Å². The molecule has 0 spiro atoms. The van der Waals surface area contributed by atoms with Crippen molar-refractivity contribution in [1.82, 2.24) is 9.62 Å². The van der Waals surface area contributed by atoms with Crippen LogP contribution in [0.25, 0.3) is 0 Å². The van der Waals surface area contributed by atoms with Crippen LogP contribution in [-0.2, 0) is 10.0 Å². The Morgan fingerprint density at radius 1 is 1.30 bits per heavy atom. The Kier molecular flexibility index (Phi) is 5.54. The number of halogens is 1. The number of nitrogens with one attached hydrogen (secondary N) is 1. The molecule has 1 aromatic rings. The normalized spacial score (nSPS) is 23.6. The fourth-order valence-electron chi connectivity index (χ4n) is 2.20. The van der Waals surface area contributed by atoms with Gasteiger partial charge in [-0.15, -0.1) is 12.4 Å². The molecule has 1 aromatic carbocycles. The van der Waals surface area contributed by atoms with Gasteiger partial charge in [-0.2, -0.15) is 9.57 Å². The Morgan fingerprint density at radius 3 is 2.45 bits per heavy atom. The predicted octanol–water partition coefficient (Wildman–Crippen LogP) is 1.35. The van der Waals surface area contributed by atoms with Crippen molar-refractivity contribution in [3.05, 3.63) is 29.8 Å². The quantitative estimate of drug-likeness (QED) is 0.894. The molecule has 1 saturated heterocycles. The molecule has 0 radical (unpaired) electrons. The Labute approximate surface area is 126 Å². The fourth-order valence-corrected chi connectivity index (χ4v) is 3.90. The molecule has 0 amide bonds. The molecule has 7 heteroatoms. The minimum absolute atomic E-state index is 0. The molecule has 1 heterocycles. The highest BCUT2D eigenvalue weighted by Gasteiger charge is 2.34. The van der Waals surface area contributed by atoms with Gasteiger partial charge in [-0.05, 0) is 38.1 Å². The molecule has 20 heavy (non-hydrogen) atoms. The first kappa shape index (κ1) is 16.9. The van der Waals surface area contributed by atoms with Gasteiger partial charge >= 0.3 is 0 Å². The van der Waals surface area contributed by atoms with Crippen LogP contribution in [0, 0.1) is 11.3 Å². The van der Waals surface area contributed by atoms with Crippen molar-refractivity contribution in [3.8, 4) is 6.07 Å². The lowest BCUT2D eigenvalue weighted by atomic mass is 10.1. The predicted molar refractivity (Wildman–Crippen MR) is 79.2 cm³/mol. The molecule has 1 fully saturated rings. The van der Waals surface area contributed by atoms with E-state index in [0.717, 1.165) is 0 Å². The third-order valence-corrected chi connectivity index (χ3v) is 5.57. The zero-order valence-electron chi connectivity index (χ0n) is 11.4. The molecule has 5 nitrogen and oxygen atoms in total. The topological polar surface area (TPSA) is 73.2 Å². The van der Waals surface area contributed by atoms with Crippen molar-refractivity contribution < 1.29 is 8.42 Å². The van der Waals surface area contributed by atoms with Crippen LogP contribution >= 0.6 is 12.4 Å². The number of benzene rings is 1. The molecule has 0 saturated carbocycles. The van der Waals surface area contributed by atoms with Gasteiger partial charge in [0.05, 0.1) is 16.5 Å². The number of nitriles is 1. The van der Waals surface area contributed by atoms with Gasteiger partial charge in [-0.3, -0.25) is 0 Å². The molecule has 0 aliphatic carbocycles. The van der Waals surface area contributed by atoms with Gasteiger partial charge in [0.1, 0.15) is 0 Å². The summed E-state index contributed by atoms with van der Waals surface area (Å²) in [6, 6.07) is 8.07. The number of hydrogen-bond donors (Lipinski definition) is 1. The molecule has 2 unspecified atom stereocenters. The highest BCUT2D eigenvalue weighted by atomic mass is 35.5. The SMILES string of the molecule is CC1NCCN(S(=O)(=O)c2ccc(C#N)cc2)C1C.Cl. The molecule has 1 aliphatic rings. The van der Waals surface area contributed by atoms with Gasteiger partial charge in [0.25, 0.3) is 0 Å². The van der Waals surface area contributed by atoms with E-state index < -0.39 is 10.0 Å². The summed E-state index contributed by atoms with van der Waals surface area (Å²) in [4.78, 5) is 0.243. The van der Waals surface area contributed by atoms with Crippen molar-refractivity contribution >= 4 is 22.4 Å². The summed E-state index contributed by atoms with van der Waals surface area (Å²) in [5.41, 5.74) is 0.459. The number of rotatable bonds is 2. The second-order valence-corrected chi connectivity index (χ2v) is 6.63. The van der Waals surface area contributed by atoms with E-state index in [0.29, 0.717) is 18.7 Å². The Balaban J connectivity index is 0.00000200. The van der Waals surface area contributed by atoms with E-state index in [2.05, 4.69) is 5.32 Å². The van der Waals surface area contributed by atoms with Crippen LogP contribution < -0.4 is 5.32 Å². The summed E-state index contributed by atoms with van der Waals surface area (Å²) >= 11 is 0. The Hall–Kier alpha value is -1.13. The van der Waals surface area contributed by atoms with E-state index in [1.54, 1.807) is 0 Å². The van der Waals surface area contributed by atoms with E-state index in [1.807, 2.05) is 19.9 Å². The largest absolute Gasteiger partial charge is 0.311 e. The Morgan fingerprint density at radius 2 is 1.90 bits per heavy atom.